The van der Waals surface area contributed by atoms with E-state index in [2.05, 4.69) is 19.7 Å². The highest BCUT2D eigenvalue weighted by Gasteiger charge is 2.26. The largest absolute Gasteiger partial charge is 0.497 e. The van der Waals surface area contributed by atoms with Gasteiger partial charge in [0.05, 0.1) is 21.3 Å². The topological polar surface area (TPSA) is 61.6 Å². The van der Waals surface area contributed by atoms with Crippen LogP contribution in [0.1, 0.15) is 5.56 Å². The summed E-state index contributed by atoms with van der Waals surface area (Å²) in [6.45, 7) is 1.73. The number of methoxy groups -OCH3 is 3. The first-order chi connectivity index (χ1) is 13.7. The maximum Gasteiger partial charge on any atom is 0.232 e. The lowest BCUT2D eigenvalue weighted by atomic mass is 10.2. The molecule has 8 heteroatoms. The Bertz CT molecular complexity index is 936. The number of hydrogen-bond donors (Lipinski definition) is 0. The molecule has 1 aromatic heterocycles. The van der Waals surface area contributed by atoms with Crippen molar-refractivity contribution in [1.29, 1.82) is 0 Å². The number of thioether (sulfide) groups is 1. The molecule has 2 heterocycles. The number of ether oxygens (including phenoxy) is 3. The van der Waals surface area contributed by atoms with Crippen molar-refractivity contribution in [2.75, 3.05) is 32.8 Å². The summed E-state index contributed by atoms with van der Waals surface area (Å²) in [7, 11) is 4.98. The van der Waals surface area contributed by atoms with Gasteiger partial charge in [0.15, 0.2) is 5.16 Å². The van der Waals surface area contributed by atoms with Crippen LogP contribution in [0.3, 0.4) is 0 Å². The van der Waals surface area contributed by atoms with Crippen molar-refractivity contribution in [3.8, 4) is 17.2 Å². The monoisotopic (exact) mass is 398 g/mol. The van der Waals surface area contributed by atoms with Crippen LogP contribution in [0, 0.1) is 0 Å². The second kappa shape index (κ2) is 8.02. The molecule has 1 aliphatic rings. The minimum absolute atomic E-state index is 0.758. The molecule has 0 atom stereocenters. The number of benzene rings is 2. The van der Waals surface area contributed by atoms with Gasteiger partial charge in [-0.05, 0) is 42.0 Å². The second-order valence-electron chi connectivity index (χ2n) is 6.29. The lowest BCUT2D eigenvalue weighted by Crippen LogP contribution is -2.14. The molecule has 0 radical (unpaired) electrons. The molecule has 0 unspecified atom stereocenters. The molecule has 0 aliphatic carbocycles. The van der Waals surface area contributed by atoms with Crippen LogP contribution in [0.2, 0.25) is 0 Å². The van der Waals surface area contributed by atoms with E-state index in [1.165, 1.54) is 0 Å². The predicted molar refractivity (Wildman–Crippen MR) is 109 cm³/mol. The predicted octanol–water partition coefficient (Wildman–Crippen LogP) is 3.75. The molecule has 0 amide bonds. The zero-order chi connectivity index (χ0) is 19.5. The van der Waals surface area contributed by atoms with E-state index in [-0.39, 0.29) is 0 Å². The van der Waals surface area contributed by atoms with Crippen LogP contribution in [0.4, 0.5) is 11.6 Å². The quantitative estimate of drug-likeness (QED) is 0.562. The molecular weight excluding hydrogens is 376 g/mol. The molecule has 4 rings (SSSR count). The van der Waals surface area contributed by atoms with Crippen molar-refractivity contribution in [2.24, 2.45) is 0 Å². The van der Waals surface area contributed by atoms with Gasteiger partial charge in [-0.3, -0.25) is 4.57 Å². The Hall–Kier alpha value is -2.87. The Balaban J connectivity index is 1.50. The Labute approximate surface area is 168 Å². The van der Waals surface area contributed by atoms with Crippen LogP contribution in [0.5, 0.6) is 17.2 Å². The highest BCUT2D eigenvalue weighted by molar-refractivity contribution is 7.98. The van der Waals surface area contributed by atoms with Crippen molar-refractivity contribution in [3.05, 3.63) is 48.0 Å². The van der Waals surface area contributed by atoms with Crippen molar-refractivity contribution in [1.82, 2.24) is 14.8 Å². The fourth-order valence-corrected chi connectivity index (χ4v) is 4.08. The van der Waals surface area contributed by atoms with Crippen LogP contribution >= 0.6 is 11.8 Å². The van der Waals surface area contributed by atoms with Gasteiger partial charge in [0, 0.05) is 30.6 Å². The highest BCUT2D eigenvalue weighted by atomic mass is 32.2. The van der Waals surface area contributed by atoms with Crippen LogP contribution < -0.4 is 19.1 Å². The minimum atomic E-state index is 0.758. The number of aromatic nitrogens is 3. The third-order valence-electron chi connectivity index (χ3n) is 4.65. The smallest absolute Gasteiger partial charge is 0.232 e. The van der Waals surface area contributed by atoms with Crippen LogP contribution in [-0.2, 0) is 12.3 Å². The van der Waals surface area contributed by atoms with Gasteiger partial charge in [-0.25, -0.2) is 0 Å². The summed E-state index contributed by atoms with van der Waals surface area (Å²) in [4.78, 5) is 2.17. The molecule has 0 saturated carbocycles. The van der Waals surface area contributed by atoms with E-state index in [4.69, 9.17) is 14.2 Å². The standard InChI is InChI=1S/C20H22N4O3S/c1-25-16-6-4-15(5-7-16)23-8-9-24-19(23)21-22-20(24)28-13-14-10-17(26-2)12-18(11-14)27-3/h4-7,10-12H,8-9,13H2,1-3H3. The van der Waals surface area contributed by atoms with Crippen LogP contribution in [-0.4, -0.2) is 42.6 Å². The van der Waals surface area contributed by atoms with Gasteiger partial charge >= 0.3 is 0 Å². The number of anilines is 2. The van der Waals surface area contributed by atoms with E-state index in [1.54, 1.807) is 33.1 Å². The van der Waals surface area contributed by atoms with Gasteiger partial charge in [-0.15, -0.1) is 10.2 Å². The van der Waals surface area contributed by atoms with Crippen LogP contribution in [0.15, 0.2) is 47.6 Å². The minimum Gasteiger partial charge on any atom is -0.497 e. The summed E-state index contributed by atoms with van der Waals surface area (Å²) in [6, 6.07) is 13.9. The summed E-state index contributed by atoms with van der Waals surface area (Å²) < 4.78 is 18.1. The van der Waals surface area contributed by atoms with Gasteiger partial charge < -0.3 is 19.1 Å². The van der Waals surface area contributed by atoms with E-state index in [1.807, 2.05) is 42.5 Å². The zero-order valence-corrected chi connectivity index (χ0v) is 16.9. The van der Waals surface area contributed by atoms with Gasteiger partial charge in [0.25, 0.3) is 0 Å². The average Bonchev–Trinajstić information content (AvgIpc) is 3.34. The summed E-state index contributed by atoms with van der Waals surface area (Å²) >= 11 is 1.66. The third kappa shape index (κ3) is 3.60. The van der Waals surface area contributed by atoms with E-state index < -0.39 is 0 Å². The van der Waals surface area contributed by atoms with E-state index >= 15 is 0 Å². The summed E-state index contributed by atoms with van der Waals surface area (Å²) in [6.07, 6.45) is 0. The normalized spacial score (nSPS) is 12.8. The number of hydrogen-bond acceptors (Lipinski definition) is 7. The molecule has 7 nitrogen and oxygen atoms in total. The molecule has 0 N–H and O–H groups in total. The van der Waals surface area contributed by atoms with Gasteiger partial charge in [-0.2, -0.15) is 0 Å². The zero-order valence-electron chi connectivity index (χ0n) is 16.1. The summed E-state index contributed by atoms with van der Waals surface area (Å²) in [5, 5.41) is 9.72. The second-order valence-corrected chi connectivity index (χ2v) is 7.24. The van der Waals surface area contributed by atoms with E-state index in [0.717, 1.165) is 58.4 Å². The molecule has 0 spiro atoms. The maximum atomic E-state index is 5.35. The molecular formula is C20H22N4O3S. The molecule has 3 aromatic rings. The number of nitrogens with zero attached hydrogens (tertiary/aromatic N) is 4. The SMILES string of the molecule is COc1ccc(N2CCn3c(SCc4cc(OC)cc(OC)c4)nnc32)cc1. The highest BCUT2D eigenvalue weighted by Crippen LogP contribution is 2.34. The van der Waals surface area contributed by atoms with Crippen molar-refractivity contribution in [2.45, 2.75) is 17.5 Å². The maximum absolute atomic E-state index is 5.35. The lowest BCUT2D eigenvalue weighted by Gasteiger charge is -2.15. The Kier molecular flexibility index (Phi) is 5.29. The van der Waals surface area contributed by atoms with Gasteiger partial charge in [0.1, 0.15) is 17.2 Å². The summed E-state index contributed by atoms with van der Waals surface area (Å²) in [5.74, 6) is 4.04. The van der Waals surface area contributed by atoms with E-state index in [0.29, 0.717) is 0 Å². The Morgan fingerprint density at radius 2 is 1.54 bits per heavy atom. The molecule has 146 valence electrons. The average molecular weight is 398 g/mol. The fraction of sp³-hybridized carbons (Fsp3) is 0.300. The molecule has 1 aliphatic heterocycles. The first-order valence-corrected chi connectivity index (χ1v) is 9.90. The fourth-order valence-electron chi connectivity index (χ4n) is 3.19. The Morgan fingerprint density at radius 3 is 2.18 bits per heavy atom. The lowest BCUT2D eigenvalue weighted by molar-refractivity contribution is 0.393. The number of fused-ring (bicyclic) bond motifs is 1. The molecule has 0 fully saturated rings. The van der Waals surface area contributed by atoms with Gasteiger partial charge in [0.2, 0.25) is 5.95 Å². The summed E-state index contributed by atoms with van der Waals surface area (Å²) in [5.41, 5.74) is 2.20. The third-order valence-corrected chi connectivity index (χ3v) is 5.69. The first kappa shape index (κ1) is 18.5. The van der Waals surface area contributed by atoms with Gasteiger partial charge in [-0.1, -0.05) is 11.8 Å². The first-order valence-electron chi connectivity index (χ1n) is 8.91. The molecule has 0 saturated heterocycles. The number of rotatable bonds is 7. The van der Waals surface area contributed by atoms with Crippen molar-refractivity contribution >= 4 is 23.4 Å². The van der Waals surface area contributed by atoms with Crippen molar-refractivity contribution in [3.63, 3.8) is 0 Å². The van der Waals surface area contributed by atoms with Crippen LogP contribution in [0.25, 0.3) is 0 Å². The van der Waals surface area contributed by atoms with E-state index in [9.17, 15) is 0 Å². The molecule has 28 heavy (non-hydrogen) atoms. The Morgan fingerprint density at radius 1 is 0.857 bits per heavy atom. The van der Waals surface area contributed by atoms with Crippen molar-refractivity contribution < 1.29 is 14.2 Å². The molecule has 2 aromatic carbocycles. The molecule has 0 bridgehead atoms.